The summed E-state index contributed by atoms with van der Waals surface area (Å²) in [4.78, 5) is 0. The molecule has 1 aromatic rings. The quantitative estimate of drug-likeness (QED) is 0.711. The van der Waals surface area contributed by atoms with E-state index in [-0.39, 0.29) is 12.2 Å². The highest BCUT2D eigenvalue weighted by molar-refractivity contribution is 5.25. The monoisotopic (exact) mass is 179 g/mol. The van der Waals surface area contributed by atoms with E-state index in [1.807, 2.05) is 6.07 Å². The van der Waals surface area contributed by atoms with Crippen LogP contribution in [0.25, 0.3) is 0 Å². The SMILES string of the molecule is COCc1ccc(CC#N)c(F)c1. The lowest BCUT2D eigenvalue weighted by Crippen LogP contribution is -1.93. The lowest BCUT2D eigenvalue weighted by molar-refractivity contribution is 0.184. The predicted octanol–water partition coefficient (Wildman–Crippen LogP) is 2.04. The average molecular weight is 179 g/mol. The Hall–Kier alpha value is -1.40. The number of hydrogen-bond acceptors (Lipinski definition) is 2. The molecule has 0 N–H and O–H groups in total. The van der Waals surface area contributed by atoms with E-state index < -0.39 is 0 Å². The van der Waals surface area contributed by atoms with Crippen LogP contribution in [0.15, 0.2) is 18.2 Å². The first-order valence-corrected chi connectivity index (χ1v) is 3.91. The first kappa shape index (κ1) is 9.69. The summed E-state index contributed by atoms with van der Waals surface area (Å²) in [5.74, 6) is -0.337. The first-order chi connectivity index (χ1) is 6.27. The van der Waals surface area contributed by atoms with Crippen molar-refractivity contribution in [3.63, 3.8) is 0 Å². The Morgan fingerprint density at radius 3 is 2.85 bits per heavy atom. The molecule has 0 radical (unpaired) electrons. The maximum Gasteiger partial charge on any atom is 0.127 e. The number of ether oxygens (including phenoxy) is 1. The van der Waals surface area contributed by atoms with Crippen molar-refractivity contribution in [2.24, 2.45) is 0 Å². The fraction of sp³-hybridized carbons (Fsp3) is 0.300. The Morgan fingerprint density at radius 2 is 2.31 bits per heavy atom. The second-order valence-corrected chi connectivity index (χ2v) is 2.69. The lowest BCUT2D eigenvalue weighted by Gasteiger charge is -2.02. The van der Waals surface area contributed by atoms with E-state index in [9.17, 15) is 4.39 Å². The van der Waals surface area contributed by atoms with Crippen LogP contribution in [-0.2, 0) is 17.8 Å². The highest BCUT2D eigenvalue weighted by Crippen LogP contribution is 2.11. The van der Waals surface area contributed by atoms with Crippen molar-refractivity contribution >= 4 is 0 Å². The minimum atomic E-state index is -0.337. The summed E-state index contributed by atoms with van der Waals surface area (Å²) in [6.45, 7) is 0.393. The van der Waals surface area contributed by atoms with E-state index in [2.05, 4.69) is 0 Å². The van der Waals surface area contributed by atoms with Gasteiger partial charge in [-0.2, -0.15) is 5.26 Å². The van der Waals surface area contributed by atoms with E-state index in [4.69, 9.17) is 10.00 Å². The Morgan fingerprint density at radius 1 is 1.54 bits per heavy atom. The second kappa shape index (κ2) is 4.58. The van der Waals surface area contributed by atoms with Gasteiger partial charge < -0.3 is 4.74 Å². The topological polar surface area (TPSA) is 33.0 Å². The van der Waals surface area contributed by atoms with E-state index >= 15 is 0 Å². The summed E-state index contributed by atoms with van der Waals surface area (Å²) in [7, 11) is 1.56. The molecule has 0 bridgehead atoms. The molecule has 0 unspecified atom stereocenters. The molecule has 0 amide bonds. The minimum absolute atomic E-state index is 0.110. The lowest BCUT2D eigenvalue weighted by atomic mass is 10.1. The Bertz CT molecular complexity index is 330. The molecule has 3 heteroatoms. The molecule has 0 atom stereocenters. The van der Waals surface area contributed by atoms with Gasteiger partial charge in [0.2, 0.25) is 0 Å². The number of rotatable bonds is 3. The third-order valence-electron chi connectivity index (χ3n) is 1.70. The maximum atomic E-state index is 13.2. The average Bonchev–Trinajstić information content (AvgIpc) is 2.10. The van der Waals surface area contributed by atoms with Crippen molar-refractivity contribution in [2.45, 2.75) is 13.0 Å². The van der Waals surface area contributed by atoms with Crippen molar-refractivity contribution in [2.75, 3.05) is 7.11 Å². The standard InChI is InChI=1S/C10H10FNO/c1-13-7-8-2-3-9(4-5-12)10(11)6-8/h2-3,6H,4,7H2,1H3. The molecule has 0 aliphatic carbocycles. The normalized spacial score (nSPS) is 9.62. The second-order valence-electron chi connectivity index (χ2n) is 2.69. The van der Waals surface area contributed by atoms with Gasteiger partial charge in [0.25, 0.3) is 0 Å². The van der Waals surface area contributed by atoms with Crippen LogP contribution in [-0.4, -0.2) is 7.11 Å². The van der Waals surface area contributed by atoms with Crippen molar-refractivity contribution in [3.8, 4) is 6.07 Å². The Balaban J connectivity index is 2.86. The molecule has 0 saturated heterocycles. The molecule has 0 aliphatic rings. The number of nitrogens with zero attached hydrogens (tertiary/aromatic N) is 1. The van der Waals surface area contributed by atoms with Gasteiger partial charge in [0.15, 0.2) is 0 Å². The van der Waals surface area contributed by atoms with Crippen LogP contribution in [0.3, 0.4) is 0 Å². The molecule has 1 rings (SSSR count). The maximum absolute atomic E-state index is 13.2. The van der Waals surface area contributed by atoms with Gasteiger partial charge in [-0.25, -0.2) is 4.39 Å². The largest absolute Gasteiger partial charge is 0.380 e. The molecule has 1 aromatic carbocycles. The van der Waals surface area contributed by atoms with E-state index in [0.717, 1.165) is 5.56 Å². The van der Waals surface area contributed by atoms with Crippen LogP contribution in [0.5, 0.6) is 0 Å². The molecule has 0 heterocycles. The van der Waals surface area contributed by atoms with Gasteiger partial charge in [-0.05, 0) is 11.6 Å². The summed E-state index contributed by atoms with van der Waals surface area (Å²) in [5.41, 5.74) is 1.21. The van der Waals surface area contributed by atoms with Crippen LogP contribution in [0.4, 0.5) is 4.39 Å². The molecule has 0 saturated carbocycles. The number of hydrogen-bond donors (Lipinski definition) is 0. The number of benzene rings is 1. The minimum Gasteiger partial charge on any atom is -0.380 e. The summed E-state index contributed by atoms with van der Waals surface area (Å²) in [5, 5.41) is 8.38. The Labute approximate surface area is 76.6 Å². The predicted molar refractivity (Wildman–Crippen MR) is 46.4 cm³/mol. The number of methoxy groups -OCH3 is 1. The Kier molecular flexibility index (Phi) is 3.41. The molecule has 68 valence electrons. The van der Waals surface area contributed by atoms with Crippen molar-refractivity contribution in [1.29, 1.82) is 5.26 Å². The highest BCUT2D eigenvalue weighted by atomic mass is 19.1. The van der Waals surface area contributed by atoms with E-state index in [0.29, 0.717) is 12.2 Å². The summed E-state index contributed by atoms with van der Waals surface area (Å²) in [6, 6.07) is 6.69. The van der Waals surface area contributed by atoms with Gasteiger partial charge >= 0.3 is 0 Å². The van der Waals surface area contributed by atoms with Crippen molar-refractivity contribution in [1.82, 2.24) is 0 Å². The highest BCUT2D eigenvalue weighted by Gasteiger charge is 2.02. The smallest absolute Gasteiger partial charge is 0.127 e. The van der Waals surface area contributed by atoms with Gasteiger partial charge in [0.05, 0.1) is 19.1 Å². The molecule has 2 nitrogen and oxygen atoms in total. The van der Waals surface area contributed by atoms with Gasteiger partial charge in [0.1, 0.15) is 5.82 Å². The number of nitriles is 1. The zero-order valence-electron chi connectivity index (χ0n) is 7.38. The molecule has 0 spiro atoms. The summed E-state index contributed by atoms with van der Waals surface area (Å²) >= 11 is 0. The van der Waals surface area contributed by atoms with Crippen LogP contribution in [0.1, 0.15) is 11.1 Å². The van der Waals surface area contributed by atoms with Crippen molar-refractivity contribution in [3.05, 3.63) is 35.1 Å². The zero-order valence-corrected chi connectivity index (χ0v) is 7.38. The summed E-state index contributed by atoms with van der Waals surface area (Å²) < 4.78 is 18.0. The van der Waals surface area contributed by atoms with Crippen LogP contribution in [0, 0.1) is 17.1 Å². The van der Waals surface area contributed by atoms with E-state index in [1.54, 1.807) is 19.2 Å². The van der Waals surface area contributed by atoms with Crippen molar-refractivity contribution < 1.29 is 9.13 Å². The third-order valence-corrected chi connectivity index (χ3v) is 1.70. The molecule has 0 aliphatic heterocycles. The van der Waals surface area contributed by atoms with Gasteiger partial charge in [-0.15, -0.1) is 0 Å². The molecular formula is C10H10FNO. The fourth-order valence-electron chi connectivity index (χ4n) is 1.08. The zero-order chi connectivity index (χ0) is 9.68. The third kappa shape index (κ3) is 2.53. The first-order valence-electron chi connectivity index (χ1n) is 3.91. The van der Waals surface area contributed by atoms with Gasteiger partial charge in [0, 0.05) is 12.7 Å². The fourth-order valence-corrected chi connectivity index (χ4v) is 1.08. The summed E-state index contributed by atoms with van der Waals surface area (Å²) in [6.07, 6.45) is 0.110. The van der Waals surface area contributed by atoms with Crippen LogP contribution >= 0.6 is 0 Å². The van der Waals surface area contributed by atoms with Gasteiger partial charge in [-0.1, -0.05) is 12.1 Å². The van der Waals surface area contributed by atoms with E-state index in [1.165, 1.54) is 6.07 Å². The molecule has 0 fully saturated rings. The number of halogens is 1. The molecule has 13 heavy (non-hydrogen) atoms. The van der Waals surface area contributed by atoms with Crippen LogP contribution < -0.4 is 0 Å². The van der Waals surface area contributed by atoms with Gasteiger partial charge in [-0.3, -0.25) is 0 Å². The van der Waals surface area contributed by atoms with Crippen LogP contribution in [0.2, 0.25) is 0 Å². The molecular weight excluding hydrogens is 169 g/mol. The molecule has 0 aromatic heterocycles.